The summed E-state index contributed by atoms with van der Waals surface area (Å²) in [5.41, 5.74) is 0.610. The van der Waals surface area contributed by atoms with Gasteiger partial charge < -0.3 is 5.32 Å². The average Bonchev–Trinajstić information content (AvgIpc) is 2.97. The summed E-state index contributed by atoms with van der Waals surface area (Å²) in [5.74, 6) is 0.639. The molecule has 1 saturated carbocycles. The van der Waals surface area contributed by atoms with E-state index in [0.717, 1.165) is 12.8 Å². The third-order valence-corrected chi connectivity index (χ3v) is 3.40. The zero-order valence-electron chi connectivity index (χ0n) is 8.53. The van der Waals surface area contributed by atoms with Crippen LogP contribution in [-0.4, -0.2) is 16.9 Å². The summed E-state index contributed by atoms with van der Waals surface area (Å²) in [6.07, 6.45) is 3.91. The van der Waals surface area contributed by atoms with Gasteiger partial charge in [0.15, 0.2) is 0 Å². The highest BCUT2D eigenvalue weighted by Crippen LogP contribution is 2.33. The average molecular weight is 269 g/mol. The zero-order valence-corrected chi connectivity index (χ0v) is 10.1. The molecule has 3 nitrogen and oxygen atoms in total. The molecule has 1 amide bonds. The fourth-order valence-electron chi connectivity index (χ4n) is 1.68. The number of carbonyl (C=O) groups is 1. The minimum Gasteiger partial charge on any atom is -0.349 e. The Morgan fingerprint density at radius 1 is 1.73 bits per heavy atom. The summed E-state index contributed by atoms with van der Waals surface area (Å²) >= 11 is 3.27. The molecule has 0 aromatic carbocycles. The molecule has 1 aliphatic carbocycles. The molecule has 1 N–H and O–H groups in total. The maximum absolute atomic E-state index is 11.8. The number of aromatic nitrogens is 1. The van der Waals surface area contributed by atoms with E-state index in [-0.39, 0.29) is 5.91 Å². The molecule has 1 heterocycles. The van der Waals surface area contributed by atoms with Crippen molar-refractivity contribution in [3.8, 4) is 0 Å². The Balaban J connectivity index is 2.00. The van der Waals surface area contributed by atoms with Crippen molar-refractivity contribution in [1.82, 2.24) is 10.3 Å². The topological polar surface area (TPSA) is 42.0 Å². The lowest BCUT2D eigenvalue weighted by atomic mass is 10.2. The van der Waals surface area contributed by atoms with Gasteiger partial charge in [-0.2, -0.15) is 0 Å². The quantitative estimate of drug-likeness (QED) is 0.856. The van der Waals surface area contributed by atoms with E-state index >= 15 is 0 Å². The lowest BCUT2D eigenvalue weighted by Crippen LogP contribution is -2.27. The standard InChI is InChI=1S/C11H13BrN2O/c1-2-7-6-9(7)14-11(15)8-4-3-5-13-10(8)12/h3-5,7,9H,2,6H2,1H3,(H,14,15). The molecule has 1 aromatic heterocycles. The number of hydrogen-bond acceptors (Lipinski definition) is 2. The van der Waals surface area contributed by atoms with E-state index in [1.807, 2.05) is 0 Å². The number of carbonyl (C=O) groups excluding carboxylic acids is 1. The predicted octanol–water partition coefficient (Wildman–Crippen LogP) is 2.37. The maximum Gasteiger partial charge on any atom is 0.254 e. The fraction of sp³-hybridized carbons (Fsp3) is 0.455. The lowest BCUT2D eigenvalue weighted by Gasteiger charge is -2.04. The number of rotatable bonds is 3. The van der Waals surface area contributed by atoms with Gasteiger partial charge >= 0.3 is 0 Å². The molecule has 0 spiro atoms. The van der Waals surface area contributed by atoms with E-state index < -0.39 is 0 Å². The van der Waals surface area contributed by atoms with Gasteiger partial charge in [0.2, 0.25) is 0 Å². The molecule has 2 atom stereocenters. The van der Waals surface area contributed by atoms with E-state index in [0.29, 0.717) is 22.1 Å². The van der Waals surface area contributed by atoms with Crippen molar-refractivity contribution in [2.75, 3.05) is 0 Å². The Hall–Kier alpha value is -0.900. The van der Waals surface area contributed by atoms with E-state index in [1.165, 1.54) is 0 Å². The summed E-state index contributed by atoms with van der Waals surface area (Å²) in [5, 5.41) is 3.00. The van der Waals surface area contributed by atoms with Crippen molar-refractivity contribution in [1.29, 1.82) is 0 Å². The van der Waals surface area contributed by atoms with Gasteiger partial charge in [0, 0.05) is 12.2 Å². The Morgan fingerprint density at radius 3 is 3.13 bits per heavy atom. The second kappa shape index (κ2) is 4.31. The molecule has 0 radical (unpaired) electrons. The van der Waals surface area contributed by atoms with Crippen LogP contribution in [0.4, 0.5) is 0 Å². The van der Waals surface area contributed by atoms with Crippen LogP contribution in [0.25, 0.3) is 0 Å². The number of halogens is 1. The van der Waals surface area contributed by atoms with Crippen LogP contribution < -0.4 is 5.32 Å². The van der Waals surface area contributed by atoms with Crippen molar-refractivity contribution in [3.05, 3.63) is 28.5 Å². The Bertz CT molecular complexity index is 381. The summed E-state index contributed by atoms with van der Waals surface area (Å²) in [6, 6.07) is 3.91. The van der Waals surface area contributed by atoms with E-state index in [9.17, 15) is 4.79 Å². The first-order chi connectivity index (χ1) is 7.22. The van der Waals surface area contributed by atoms with Crippen molar-refractivity contribution in [3.63, 3.8) is 0 Å². The van der Waals surface area contributed by atoms with Crippen molar-refractivity contribution in [2.45, 2.75) is 25.8 Å². The Labute approximate surface area is 97.4 Å². The van der Waals surface area contributed by atoms with Gasteiger partial charge in [-0.25, -0.2) is 4.98 Å². The smallest absolute Gasteiger partial charge is 0.254 e. The van der Waals surface area contributed by atoms with E-state index in [2.05, 4.69) is 33.2 Å². The van der Waals surface area contributed by atoms with Gasteiger partial charge in [0.1, 0.15) is 4.60 Å². The molecule has 15 heavy (non-hydrogen) atoms. The van der Waals surface area contributed by atoms with Crippen LogP contribution in [-0.2, 0) is 0 Å². The first kappa shape index (κ1) is 10.6. The molecule has 2 rings (SSSR count). The second-order valence-corrected chi connectivity index (χ2v) is 4.58. The normalized spacial score (nSPS) is 23.6. The number of nitrogens with zero attached hydrogens (tertiary/aromatic N) is 1. The van der Waals surface area contributed by atoms with Gasteiger partial charge in [-0.05, 0) is 40.4 Å². The molecule has 0 aliphatic heterocycles. The zero-order chi connectivity index (χ0) is 10.8. The SMILES string of the molecule is CCC1CC1NC(=O)c1cccnc1Br. The number of pyridine rings is 1. The van der Waals surface area contributed by atoms with Gasteiger partial charge in [-0.3, -0.25) is 4.79 Å². The molecule has 0 saturated heterocycles. The maximum atomic E-state index is 11.8. The van der Waals surface area contributed by atoms with Crippen molar-refractivity contribution < 1.29 is 4.79 Å². The molecule has 0 bridgehead atoms. The molecule has 2 unspecified atom stereocenters. The van der Waals surface area contributed by atoms with Crippen LogP contribution in [0, 0.1) is 5.92 Å². The van der Waals surface area contributed by atoms with Gasteiger partial charge in [-0.1, -0.05) is 13.3 Å². The molecule has 1 aromatic rings. The number of nitrogens with one attached hydrogen (secondary N) is 1. The monoisotopic (exact) mass is 268 g/mol. The number of hydrogen-bond donors (Lipinski definition) is 1. The fourth-order valence-corrected chi connectivity index (χ4v) is 2.11. The molecular weight excluding hydrogens is 256 g/mol. The number of amides is 1. The minimum absolute atomic E-state index is 0.0316. The first-order valence-electron chi connectivity index (χ1n) is 5.13. The lowest BCUT2D eigenvalue weighted by molar-refractivity contribution is 0.0948. The highest BCUT2D eigenvalue weighted by atomic mass is 79.9. The summed E-state index contributed by atoms with van der Waals surface area (Å²) in [7, 11) is 0. The van der Waals surface area contributed by atoms with E-state index in [1.54, 1.807) is 18.3 Å². The van der Waals surface area contributed by atoms with Crippen molar-refractivity contribution >= 4 is 21.8 Å². The third-order valence-electron chi connectivity index (χ3n) is 2.77. The highest BCUT2D eigenvalue weighted by molar-refractivity contribution is 9.10. The first-order valence-corrected chi connectivity index (χ1v) is 5.93. The van der Waals surface area contributed by atoms with Crippen LogP contribution in [0.5, 0.6) is 0 Å². The molecule has 1 fully saturated rings. The van der Waals surface area contributed by atoms with Crippen LogP contribution in [0.1, 0.15) is 30.1 Å². The Kier molecular flexibility index (Phi) is 3.05. The van der Waals surface area contributed by atoms with Crippen LogP contribution in [0.2, 0.25) is 0 Å². The molecule has 1 aliphatic rings. The summed E-state index contributed by atoms with van der Waals surface area (Å²) in [6.45, 7) is 2.15. The molecule has 80 valence electrons. The molecular formula is C11H13BrN2O. The summed E-state index contributed by atoms with van der Waals surface area (Å²) in [4.78, 5) is 15.8. The Morgan fingerprint density at radius 2 is 2.53 bits per heavy atom. The highest BCUT2D eigenvalue weighted by Gasteiger charge is 2.36. The summed E-state index contributed by atoms with van der Waals surface area (Å²) < 4.78 is 0.608. The molecule has 4 heteroatoms. The van der Waals surface area contributed by atoms with E-state index in [4.69, 9.17) is 0 Å². The van der Waals surface area contributed by atoms with Crippen molar-refractivity contribution in [2.24, 2.45) is 5.92 Å². The van der Waals surface area contributed by atoms with Gasteiger partial charge in [-0.15, -0.1) is 0 Å². The third kappa shape index (κ3) is 2.37. The second-order valence-electron chi connectivity index (χ2n) is 3.83. The largest absolute Gasteiger partial charge is 0.349 e. The van der Waals surface area contributed by atoms with Crippen LogP contribution in [0.3, 0.4) is 0 Å². The van der Waals surface area contributed by atoms with Gasteiger partial charge in [0.25, 0.3) is 5.91 Å². The van der Waals surface area contributed by atoms with Gasteiger partial charge in [0.05, 0.1) is 5.56 Å². The predicted molar refractivity (Wildman–Crippen MR) is 61.6 cm³/mol. The minimum atomic E-state index is -0.0316. The van der Waals surface area contributed by atoms with Crippen LogP contribution >= 0.6 is 15.9 Å². The van der Waals surface area contributed by atoms with Crippen LogP contribution in [0.15, 0.2) is 22.9 Å².